The van der Waals surface area contributed by atoms with Crippen molar-refractivity contribution in [3.05, 3.63) is 66.4 Å². The first-order chi connectivity index (χ1) is 15.4. The Bertz CT molecular complexity index is 1210. The molecule has 1 aromatic carbocycles. The molecular weight excluding hydrogens is 444 g/mol. The summed E-state index contributed by atoms with van der Waals surface area (Å²) in [7, 11) is -4.21. The van der Waals surface area contributed by atoms with Crippen molar-refractivity contribution in [1.29, 1.82) is 0 Å². The predicted octanol–water partition coefficient (Wildman–Crippen LogP) is 1.16. The van der Waals surface area contributed by atoms with E-state index in [9.17, 15) is 22.0 Å². The second kappa shape index (κ2) is 8.96. The number of sulfonamides is 1. The van der Waals surface area contributed by atoms with Gasteiger partial charge >= 0.3 is 6.03 Å². The highest BCUT2D eigenvalue weighted by Gasteiger charge is 2.32. The summed E-state index contributed by atoms with van der Waals surface area (Å²) in [5.41, 5.74) is 0.717. The van der Waals surface area contributed by atoms with Gasteiger partial charge in [-0.05, 0) is 24.3 Å². The summed E-state index contributed by atoms with van der Waals surface area (Å²) in [5.74, 6) is -1.34. The third-order valence-corrected chi connectivity index (χ3v) is 6.88. The third-order valence-electron chi connectivity index (χ3n) is 4.97. The van der Waals surface area contributed by atoms with Crippen LogP contribution in [0.1, 0.15) is 5.56 Å². The SMILES string of the molecule is O=C(NCc1cccnc1-n1cncn1)N1CCN(S(=O)(=O)c2cc(F)ccc2F)CC1. The van der Waals surface area contributed by atoms with Crippen LogP contribution >= 0.6 is 0 Å². The largest absolute Gasteiger partial charge is 0.334 e. The highest BCUT2D eigenvalue weighted by molar-refractivity contribution is 7.89. The van der Waals surface area contributed by atoms with Gasteiger partial charge in [-0.1, -0.05) is 6.07 Å². The molecule has 3 heterocycles. The molecule has 0 radical (unpaired) electrons. The summed E-state index contributed by atoms with van der Waals surface area (Å²) in [6.07, 6.45) is 4.47. The van der Waals surface area contributed by atoms with Crippen molar-refractivity contribution in [2.75, 3.05) is 26.2 Å². The minimum absolute atomic E-state index is 0.0389. The summed E-state index contributed by atoms with van der Waals surface area (Å²) in [4.78, 5) is 21.5. The fourth-order valence-electron chi connectivity index (χ4n) is 3.32. The van der Waals surface area contributed by atoms with E-state index in [1.807, 2.05) is 0 Å². The lowest BCUT2D eigenvalue weighted by molar-refractivity contribution is 0.172. The predicted molar refractivity (Wildman–Crippen MR) is 108 cm³/mol. The van der Waals surface area contributed by atoms with E-state index < -0.39 is 26.6 Å². The number of benzene rings is 1. The summed E-state index contributed by atoms with van der Waals surface area (Å²) in [6.45, 7) is 0.302. The Hall–Kier alpha value is -3.45. The molecule has 10 nitrogen and oxygen atoms in total. The molecule has 0 spiro atoms. The summed E-state index contributed by atoms with van der Waals surface area (Å²) < 4.78 is 55.3. The number of rotatable bonds is 5. The second-order valence-electron chi connectivity index (χ2n) is 6.95. The number of hydrogen-bond acceptors (Lipinski definition) is 6. The number of piperazine rings is 1. The Labute approximate surface area is 182 Å². The molecule has 1 N–H and O–H groups in total. The van der Waals surface area contributed by atoms with E-state index in [0.29, 0.717) is 17.4 Å². The van der Waals surface area contributed by atoms with Gasteiger partial charge in [0, 0.05) is 44.5 Å². The number of pyridine rings is 1. The standard InChI is InChI=1S/C19H19F2N7O3S/c20-15-3-4-16(21)17(10-15)32(30,31)27-8-6-26(7-9-27)19(29)24-11-14-2-1-5-23-18(14)28-13-22-12-25-28/h1-5,10,12-13H,6-9,11H2,(H,24,29). The van der Waals surface area contributed by atoms with Crippen LogP contribution in [0.25, 0.3) is 5.82 Å². The second-order valence-corrected chi connectivity index (χ2v) is 8.86. The van der Waals surface area contributed by atoms with Crippen molar-refractivity contribution in [2.24, 2.45) is 0 Å². The smallest absolute Gasteiger partial charge is 0.317 e. The zero-order valence-corrected chi connectivity index (χ0v) is 17.5. The van der Waals surface area contributed by atoms with Crippen LogP contribution < -0.4 is 5.32 Å². The maximum atomic E-state index is 14.0. The van der Waals surface area contributed by atoms with Gasteiger partial charge in [0.1, 0.15) is 29.2 Å². The number of amides is 2. The van der Waals surface area contributed by atoms with Gasteiger partial charge in [-0.15, -0.1) is 0 Å². The molecule has 1 saturated heterocycles. The minimum atomic E-state index is -4.21. The van der Waals surface area contributed by atoms with Crippen molar-refractivity contribution < 1.29 is 22.0 Å². The molecule has 1 aliphatic heterocycles. The molecule has 1 fully saturated rings. The van der Waals surface area contributed by atoms with Crippen LogP contribution in [0.5, 0.6) is 0 Å². The zero-order valence-electron chi connectivity index (χ0n) is 16.7. The molecule has 0 aliphatic carbocycles. The summed E-state index contributed by atoms with van der Waals surface area (Å²) in [6, 6.07) is 5.43. The van der Waals surface area contributed by atoms with E-state index in [-0.39, 0.29) is 38.8 Å². The number of hydrogen-bond donors (Lipinski definition) is 1. The van der Waals surface area contributed by atoms with Crippen LogP contribution in [0, 0.1) is 11.6 Å². The van der Waals surface area contributed by atoms with Crippen molar-refractivity contribution in [3.8, 4) is 5.82 Å². The first-order valence-corrected chi connectivity index (χ1v) is 11.1. The summed E-state index contributed by atoms with van der Waals surface area (Å²) >= 11 is 0. The van der Waals surface area contributed by atoms with Gasteiger partial charge in [-0.3, -0.25) is 0 Å². The van der Waals surface area contributed by atoms with Gasteiger partial charge in [0.05, 0.1) is 0 Å². The quantitative estimate of drug-likeness (QED) is 0.608. The van der Waals surface area contributed by atoms with Crippen LogP contribution in [0.15, 0.2) is 54.1 Å². The van der Waals surface area contributed by atoms with Crippen LogP contribution in [0.3, 0.4) is 0 Å². The highest BCUT2D eigenvalue weighted by atomic mass is 32.2. The molecule has 32 heavy (non-hydrogen) atoms. The monoisotopic (exact) mass is 463 g/mol. The summed E-state index contributed by atoms with van der Waals surface area (Å²) in [5, 5.41) is 6.82. The normalized spacial score (nSPS) is 15.0. The van der Waals surface area contributed by atoms with Crippen LogP contribution in [-0.4, -0.2) is 69.6 Å². The molecular formula is C19H19F2N7O3S. The Kier molecular flexibility index (Phi) is 6.10. The van der Waals surface area contributed by atoms with Gasteiger partial charge in [0.15, 0.2) is 5.82 Å². The van der Waals surface area contributed by atoms with E-state index in [2.05, 4.69) is 20.4 Å². The molecule has 2 aromatic heterocycles. The van der Waals surface area contributed by atoms with E-state index in [1.165, 1.54) is 22.2 Å². The lowest BCUT2D eigenvalue weighted by Crippen LogP contribution is -2.53. The van der Waals surface area contributed by atoms with E-state index in [0.717, 1.165) is 16.4 Å². The molecule has 4 rings (SSSR count). The van der Waals surface area contributed by atoms with E-state index in [4.69, 9.17) is 0 Å². The van der Waals surface area contributed by atoms with E-state index in [1.54, 1.807) is 18.3 Å². The first-order valence-electron chi connectivity index (χ1n) is 9.63. The maximum Gasteiger partial charge on any atom is 0.317 e. The molecule has 0 bridgehead atoms. The Morgan fingerprint density at radius 3 is 2.62 bits per heavy atom. The Morgan fingerprint density at radius 2 is 1.91 bits per heavy atom. The van der Waals surface area contributed by atoms with Crippen molar-refractivity contribution >= 4 is 16.1 Å². The average molecular weight is 463 g/mol. The van der Waals surface area contributed by atoms with Gasteiger partial charge in [-0.25, -0.2) is 36.6 Å². The van der Waals surface area contributed by atoms with E-state index >= 15 is 0 Å². The number of halogens is 2. The maximum absolute atomic E-state index is 14.0. The Morgan fingerprint density at radius 1 is 1.12 bits per heavy atom. The van der Waals surface area contributed by atoms with Crippen molar-refractivity contribution in [1.82, 2.24) is 34.3 Å². The van der Waals surface area contributed by atoms with Crippen LogP contribution in [0.4, 0.5) is 13.6 Å². The molecule has 13 heteroatoms. The minimum Gasteiger partial charge on any atom is -0.334 e. The molecule has 1 aliphatic rings. The van der Waals surface area contributed by atoms with Crippen LogP contribution in [0.2, 0.25) is 0 Å². The molecule has 0 saturated carbocycles. The van der Waals surface area contributed by atoms with Crippen molar-refractivity contribution in [3.63, 3.8) is 0 Å². The third kappa shape index (κ3) is 4.43. The molecule has 168 valence electrons. The van der Waals surface area contributed by atoms with Gasteiger partial charge in [-0.2, -0.15) is 9.40 Å². The number of nitrogens with zero attached hydrogens (tertiary/aromatic N) is 6. The zero-order chi connectivity index (χ0) is 22.7. The van der Waals surface area contributed by atoms with Crippen LogP contribution in [-0.2, 0) is 16.6 Å². The number of carbonyl (C=O) groups excluding carboxylic acids is 1. The average Bonchev–Trinajstić information content (AvgIpc) is 3.34. The Balaban J connectivity index is 1.37. The topological polar surface area (TPSA) is 113 Å². The molecule has 2 amide bonds. The number of aromatic nitrogens is 4. The molecule has 3 aromatic rings. The number of carbonyl (C=O) groups is 1. The van der Waals surface area contributed by atoms with Gasteiger partial charge in [0.25, 0.3) is 0 Å². The molecule has 0 atom stereocenters. The highest BCUT2D eigenvalue weighted by Crippen LogP contribution is 2.21. The fourth-order valence-corrected chi connectivity index (χ4v) is 4.82. The number of nitrogens with one attached hydrogen (secondary N) is 1. The number of urea groups is 1. The lowest BCUT2D eigenvalue weighted by Gasteiger charge is -2.34. The lowest BCUT2D eigenvalue weighted by atomic mass is 10.2. The fraction of sp³-hybridized carbons (Fsp3) is 0.263. The van der Waals surface area contributed by atoms with Gasteiger partial charge in [0.2, 0.25) is 10.0 Å². The first kappa shape index (κ1) is 21.8. The van der Waals surface area contributed by atoms with Crippen molar-refractivity contribution in [2.45, 2.75) is 11.4 Å². The molecule has 0 unspecified atom stereocenters. The van der Waals surface area contributed by atoms with Gasteiger partial charge < -0.3 is 10.2 Å².